The van der Waals surface area contributed by atoms with Crippen molar-refractivity contribution in [3.05, 3.63) is 40.6 Å². The number of hydrogen-bond donors (Lipinski definition) is 1. The number of halogens is 1. The molecular weight excluding hydrogens is 320 g/mol. The minimum Gasteiger partial charge on any atom is -0.351 e. The van der Waals surface area contributed by atoms with E-state index in [1.807, 2.05) is 36.9 Å². The lowest BCUT2D eigenvalue weighted by atomic mass is 10.3. The molecule has 108 valence electrons. The molecule has 0 fully saturated rings. The van der Waals surface area contributed by atoms with Crippen LogP contribution in [0.15, 0.2) is 29.1 Å². The lowest BCUT2D eigenvalue weighted by Crippen LogP contribution is -2.27. The minimum atomic E-state index is -0.0279. The lowest BCUT2D eigenvalue weighted by Gasteiger charge is -2.08. The molecule has 0 spiro atoms. The summed E-state index contributed by atoms with van der Waals surface area (Å²) in [7, 11) is 0. The Morgan fingerprint density at radius 3 is 2.90 bits per heavy atom. The van der Waals surface area contributed by atoms with Crippen molar-refractivity contribution in [2.75, 3.05) is 6.54 Å². The summed E-state index contributed by atoms with van der Waals surface area (Å²) >= 11 is 3.40. The van der Waals surface area contributed by atoms with Crippen LogP contribution in [0.25, 0.3) is 0 Å². The van der Waals surface area contributed by atoms with Crippen LogP contribution in [0, 0.1) is 6.92 Å². The van der Waals surface area contributed by atoms with Gasteiger partial charge in [0, 0.05) is 42.7 Å². The standard InChI is InChI=1S/C14H19BrN4O/c1-3-18-10-12(15)9-13(18)14(20)17-5-4-7-19-8-6-16-11(19)2/h6,8-10H,3-5,7H2,1-2H3,(H,17,20). The number of imidazole rings is 1. The van der Waals surface area contributed by atoms with Gasteiger partial charge < -0.3 is 14.5 Å². The van der Waals surface area contributed by atoms with E-state index >= 15 is 0 Å². The predicted octanol–water partition coefficient (Wildman–Crippen LogP) is 2.60. The average molecular weight is 339 g/mol. The fraction of sp³-hybridized carbons (Fsp3) is 0.429. The molecule has 0 aliphatic carbocycles. The number of aromatic nitrogens is 3. The molecule has 0 saturated heterocycles. The van der Waals surface area contributed by atoms with Crippen LogP contribution in [0.4, 0.5) is 0 Å². The van der Waals surface area contributed by atoms with Crippen molar-refractivity contribution in [1.29, 1.82) is 0 Å². The van der Waals surface area contributed by atoms with Gasteiger partial charge in [-0.1, -0.05) is 0 Å². The summed E-state index contributed by atoms with van der Waals surface area (Å²) < 4.78 is 4.94. The number of carbonyl (C=O) groups excluding carboxylic acids is 1. The van der Waals surface area contributed by atoms with E-state index in [1.165, 1.54) is 0 Å². The van der Waals surface area contributed by atoms with Crippen LogP contribution in [0.5, 0.6) is 0 Å². The Hall–Kier alpha value is -1.56. The number of amides is 1. The first-order chi connectivity index (χ1) is 9.61. The van der Waals surface area contributed by atoms with Crippen molar-refractivity contribution in [1.82, 2.24) is 19.4 Å². The molecule has 2 rings (SSSR count). The second-order valence-corrected chi connectivity index (χ2v) is 5.52. The van der Waals surface area contributed by atoms with Crippen molar-refractivity contribution in [3.63, 3.8) is 0 Å². The molecule has 0 unspecified atom stereocenters. The summed E-state index contributed by atoms with van der Waals surface area (Å²) in [5.74, 6) is 0.972. The third kappa shape index (κ3) is 3.50. The Morgan fingerprint density at radius 2 is 2.25 bits per heavy atom. The molecule has 2 aromatic rings. The largest absolute Gasteiger partial charge is 0.351 e. The minimum absolute atomic E-state index is 0.0279. The van der Waals surface area contributed by atoms with E-state index in [9.17, 15) is 4.79 Å². The van der Waals surface area contributed by atoms with Crippen LogP contribution >= 0.6 is 15.9 Å². The molecule has 2 aromatic heterocycles. The van der Waals surface area contributed by atoms with Crippen LogP contribution in [-0.2, 0) is 13.1 Å². The summed E-state index contributed by atoms with van der Waals surface area (Å²) in [6.45, 7) is 6.30. The van der Waals surface area contributed by atoms with Crippen molar-refractivity contribution >= 4 is 21.8 Å². The molecule has 0 bridgehead atoms. The first-order valence-corrected chi connectivity index (χ1v) is 7.52. The van der Waals surface area contributed by atoms with E-state index in [2.05, 4.69) is 30.8 Å². The molecule has 6 heteroatoms. The highest BCUT2D eigenvalue weighted by molar-refractivity contribution is 9.10. The van der Waals surface area contributed by atoms with Crippen LogP contribution in [0.1, 0.15) is 29.7 Å². The Morgan fingerprint density at radius 1 is 1.45 bits per heavy atom. The average Bonchev–Trinajstić information content (AvgIpc) is 3.00. The number of rotatable bonds is 6. The predicted molar refractivity (Wildman–Crippen MR) is 81.7 cm³/mol. The molecule has 1 amide bonds. The third-order valence-electron chi connectivity index (χ3n) is 3.22. The van der Waals surface area contributed by atoms with Gasteiger partial charge in [-0.05, 0) is 42.3 Å². The number of hydrogen-bond acceptors (Lipinski definition) is 2. The molecule has 0 aliphatic heterocycles. The van der Waals surface area contributed by atoms with Gasteiger partial charge in [-0.15, -0.1) is 0 Å². The molecule has 2 heterocycles. The van der Waals surface area contributed by atoms with E-state index in [-0.39, 0.29) is 5.91 Å². The molecule has 0 radical (unpaired) electrons. The van der Waals surface area contributed by atoms with E-state index in [0.717, 1.165) is 29.8 Å². The van der Waals surface area contributed by atoms with E-state index in [1.54, 1.807) is 6.20 Å². The smallest absolute Gasteiger partial charge is 0.267 e. The Kier molecular flexibility index (Phi) is 5.00. The van der Waals surface area contributed by atoms with Gasteiger partial charge in [0.2, 0.25) is 0 Å². The highest BCUT2D eigenvalue weighted by atomic mass is 79.9. The van der Waals surface area contributed by atoms with Crippen LogP contribution in [0.2, 0.25) is 0 Å². The maximum Gasteiger partial charge on any atom is 0.267 e. The van der Waals surface area contributed by atoms with Gasteiger partial charge >= 0.3 is 0 Å². The fourth-order valence-corrected chi connectivity index (χ4v) is 2.57. The molecule has 20 heavy (non-hydrogen) atoms. The van der Waals surface area contributed by atoms with Crippen molar-refractivity contribution in [2.24, 2.45) is 0 Å². The van der Waals surface area contributed by atoms with Gasteiger partial charge in [0.1, 0.15) is 11.5 Å². The quantitative estimate of drug-likeness (QED) is 0.823. The fourth-order valence-electron chi connectivity index (χ4n) is 2.11. The van der Waals surface area contributed by atoms with E-state index in [0.29, 0.717) is 12.2 Å². The van der Waals surface area contributed by atoms with E-state index in [4.69, 9.17) is 0 Å². The van der Waals surface area contributed by atoms with Crippen LogP contribution in [-0.4, -0.2) is 26.6 Å². The SMILES string of the molecule is CCn1cc(Br)cc1C(=O)NCCCn1ccnc1C. The van der Waals surface area contributed by atoms with Crippen LogP contribution in [0.3, 0.4) is 0 Å². The Labute approximate surface area is 127 Å². The first-order valence-electron chi connectivity index (χ1n) is 6.73. The molecule has 0 atom stereocenters. The number of aryl methyl sites for hydroxylation is 3. The van der Waals surface area contributed by atoms with Gasteiger partial charge in [0.25, 0.3) is 5.91 Å². The second kappa shape index (κ2) is 6.74. The van der Waals surface area contributed by atoms with Gasteiger partial charge in [0.15, 0.2) is 0 Å². The summed E-state index contributed by atoms with van der Waals surface area (Å²) in [5, 5.41) is 2.95. The van der Waals surface area contributed by atoms with E-state index < -0.39 is 0 Å². The Balaban J connectivity index is 1.82. The van der Waals surface area contributed by atoms with Crippen molar-refractivity contribution in [2.45, 2.75) is 33.4 Å². The molecule has 0 aliphatic rings. The lowest BCUT2D eigenvalue weighted by molar-refractivity contribution is 0.0943. The molecule has 1 N–H and O–H groups in total. The zero-order valence-electron chi connectivity index (χ0n) is 11.8. The highest BCUT2D eigenvalue weighted by Gasteiger charge is 2.11. The maximum absolute atomic E-state index is 12.1. The molecule has 0 aromatic carbocycles. The number of nitrogens with zero attached hydrogens (tertiary/aromatic N) is 3. The number of nitrogens with one attached hydrogen (secondary N) is 1. The van der Waals surface area contributed by atoms with Gasteiger partial charge in [-0.25, -0.2) is 4.98 Å². The topological polar surface area (TPSA) is 51.9 Å². The third-order valence-corrected chi connectivity index (χ3v) is 3.66. The Bertz CT molecular complexity index is 588. The maximum atomic E-state index is 12.1. The van der Waals surface area contributed by atoms with Gasteiger partial charge in [0.05, 0.1) is 0 Å². The zero-order valence-corrected chi connectivity index (χ0v) is 13.4. The summed E-state index contributed by atoms with van der Waals surface area (Å²) in [4.78, 5) is 16.3. The second-order valence-electron chi connectivity index (χ2n) is 4.61. The van der Waals surface area contributed by atoms with Gasteiger partial charge in [-0.2, -0.15) is 0 Å². The summed E-state index contributed by atoms with van der Waals surface area (Å²) in [6, 6.07) is 1.85. The highest BCUT2D eigenvalue weighted by Crippen LogP contribution is 2.14. The zero-order chi connectivity index (χ0) is 14.5. The van der Waals surface area contributed by atoms with Crippen molar-refractivity contribution in [3.8, 4) is 0 Å². The van der Waals surface area contributed by atoms with Crippen LogP contribution < -0.4 is 5.32 Å². The summed E-state index contributed by atoms with van der Waals surface area (Å²) in [5.41, 5.74) is 0.693. The normalized spacial score (nSPS) is 10.8. The molecule has 0 saturated carbocycles. The first kappa shape index (κ1) is 14.8. The van der Waals surface area contributed by atoms with Crippen molar-refractivity contribution < 1.29 is 4.79 Å². The monoisotopic (exact) mass is 338 g/mol. The molecular formula is C14H19BrN4O. The summed E-state index contributed by atoms with van der Waals surface area (Å²) in [6.07, 6.45) is 6.55. The number of carbonyl (C=O) groups is 1. The van der Waals surface area contributed by atoms with Gasteiger partial charge in [-0.3, -0.25) is 4.79 Å². The molecule has 5 nitrogen and oxygen atoms in total.